The van der Waals surface area contributed by atoms with Gasteiger partial charge in [0.15, 0.2) is 0 Å². The van der Waals surface area contributed by atoms with Crippen molar-refractivity contribution in [2.75, 3.05) is 31.1 Å². The SMILES string of the molecule is CCCN(CCC)c1cc(C)cc(C(=O)N[C@@H](COc2cc(F)cc(F)c2)[C@H](O)CN)c1. The Kier molecular flexibility index (Phi) is 9.87. The fourth-order valence-corrected chi connectivity index (χ4v) is 3.45. The van der Waals surface area contributed by atoms with Crippen LogP contribution in [0.25, 0.3) is 0 Å². The number of rotatable bonds is 12. The topological polar surface area (TPSA) is 87.8 Å². The van der Waals surface area contributed by atoms with Crippen LogP contribution in [-0.2, 0) is 0 Å². The summed E-state index contributed by atoms with van der Waals surface area (Å²) in [4.78, 5) is 15.2. The largest absolute Gasteiger partial charge is 0.491 e. The molecule has 2 rings (SSSR count). The monoisotopic (exact) mass is 449 g/mol. The second kappa shape index (κ2) is 12.4. The van der Waals surface area contributed by atoms with E-state index in [-0.39, 0.29) is 18.9 Å². The summed E-state index contributed by atoms with van der Waals surface area (Å²) in [7, 11) is 0. The maximum absolute atomic E-state index is 13.4. The van der Waals surface area contributed by atoms with Gasteiger partial charge in [0.05, 0.1) is 12.1 Å². The third-order valence-corrected chi connectivity index (χ3v) is 4.96. The summed E-state index contributed by atoms with van der Waals surface area (Å²) < 4.78 is 32.2. The van der Waals surface area contributed by atoms with Gasteiger partial charge in [-0.25, -0.2) is 8.78 Å². The molecule has 2 atom stereocenters. The van der Waals surface area contributed by atoms with Gasteiger partial charge < -0.3 is 25.8 Å². The lowest BCUT2D eigenvalue weighted by Gasteiger charge is -2.26. The predicted molar refractivity (Wildman–Crippen MR) is 122 cm³/mol. The maximum Gasteiger partial charge on any atom is 0.251 e. The van der Waals surface area contributed by atoms with E-state index in [0.29, 0.717) is 5.56 Å². The molecular formula is C24H33F2N3O3. The Labute approximate surface area is 188 Å². The fraction of sp³-hybridized carbons (Fsp3) is 0.458. The van der Waals surface area contributed by atoms with Crippen LogP contribution >= 0.6 is 0 Å². The van der Waals surface area contributed by atoms with Crippen LogP contribution in [0, 0.1) is 18.6 Å². The van der Waals surface area contributed by atoms with Crippen molar-refractivity contribution in [2.24, 2.45) is 5.73 Å². The smallest absolute Gasteiger partial charge is 0.251 e. The summed E-state index contributed by atoms with van der Waals surface area (Å²) in [6.45, 7) is 7.57. The molecule has 2 aromatic rings. The first-order valence-corrected chi connectivity index (χ1v) is 10.9. The number of nitrogens with two attached hydrogens (primary N) is 1. The van der Waals surface area contributed by atoms with Crippen molar-refractivity contribution in [3.63, 3.8) is 0 Å². The summed E-state index contributed by atoms with van der Waals surface area (Å²) in [6, 6.07) is 7.54. The second-order valence-electron chi connectivity index (χ2n) is 7.84. The first-order valence-electron chi connectivity index (χ1n) is 10.9. The number of hydrogen-bond acceptors (Lipinski definition) is 5. The minimum Gasteiger partial charge on any atom is -0.491 e. The van der Waals surface area contributed by atoms with Crippen molar-refractivity contribution in [2.45, 2.75) is 45.8 Å². The Morgan fingerprint density at radius 1 is 1.09 bits per heavy atom. The van der Waals surface area contributed by atoms with Crippen molar-refractivity contribution in [3.05, 3.63) is 59.2 Å². The first-order chi connectivity index (χ1) is 15.3. The lowest BCUT2D eigenvalue weighted by Crippen LogP contribution is -2.50. The number of aryl methyl sites for hydroxylation is 1. The van der Waals surface area contributed by atoms with Crippen LogP contribution in [0.4, 0.5) is 14.5 Å². The molecule has 0 saturated heterocycles. The first kappa shape index (κ1) is 25.5. The van der Waals surface area contributed by atoms with Gasteiger partial charge in [0, 0.05) is 49.1 Å². The summed E-state index contributed by atoms with van der Waals surface area (Å²) in [5, 5.41) is 13.0. The Balaban J connectivity index is 2.18. The van der Waals surface area contributed by atoms with Crippen LogP contribution in [0.5, 0.6) is 5.75 Å². The number of ether oxygens (including phenoxy) is 1. The fourth-order valence-electron chi connectivity index (χ4n) is 3.45. The summed E-state index contributed by atoms with van der Waals surface area (Å²) in [5.74, 6) is -2.00. The average Bonchev–Trinajstić information content (AvgIpc) is 2.74. The summed E-state index contributed by atoms with van der Waals surface area (Å²) in [6.07, 6.45) is 0.870. The van der Waals surface area contributed by atoms with Gasteiger partial charge >= 0.3 is 0 Å². The Morgan fingerprint density at radius 2 is 1.72 bits per heavy atom. The number of amides is 1. The van der Waals surface area contributed by atoms with E-state index in [1.54, 1.807) is 6.07 Å². The second-order valence-corrected chi connectivity index (χ2v) is 7.84. The molecule has 1 amide bonds. The van der Waals surface area contributed by atoms with Gasteiger partial charge in [0.1, 0.15) is 24.0 Å². The van der Waals surface area contributed by atoms with E-state index in [1.165, 1.54) is 0 Å². The quantitative estimate of drug-likeness (QED) is 0.462. The third kappa shape index (κ3) is 7.46. The molecule has 0 saturated carbocycles. The predicted octanol–water partition coefficient (Wildman–Crippen LogP) is 3.40. The minimum atomic E-state index is -1.10. The molecule has 6 nitrogen and oxygen atoms in total. The van der Waals surface area contributed by atoms with Gasteiger partial charge in [-0.15, -0.1) is 0 Å². The van der Waals surface area contributed by atoms with Gasteiger partial charge in [-0.2, -0.15) is 0 Å². The molecule has 0 aliphatic heterocycles. The number of carbonyl (C=O) groups excluding carboxylic acids is 1. The summed E-state index contributed by atoms with van der Waals surface area (Å²) in [5.41, 5.74) is 7.92. The van der Waals surface area contributed by atoms with Gasteiger partial charge in [0.2, 0.25) is 0 Å². The molecule has 176 valence electrons. The highest BCUT2D eigenvalue weighted by atomic mass is 19.1. The van der Waals surface area contributed by atoms with E-state index in [4.69, 9.17) is 10.5 Å². The van der Waals surface area contributed by atoms with E-state index < -0.39 is 29.7 Å². The van der Waals surface area contributed by atoms with E-state index in [1.807, 2.05) is 19.1 Å². The molecule has 0 aromatic heterocycles. The number of hydrogen-bond donors (Lipinski definition) is 3. The Hall–Kier alpha value is -2.71. The molecule has 0 unspecified atom stereocenters. The normalized spacial score (nSPS) is 12.8. The van der Waals surface area contributed by atoms with Crippen LogP contribution in [0.3, 0.4) is 0 Å². The van der Waals surface area contributed by atoms with Crippen LogP contribution in [0.15, 0.2) is 36.4 Å². The zero-order chi connectivity index (χ0) is 23.7. The molecule has 0 spiro atoms. The summed E-state index contributed by atoms with van der Waals surface area (Å²) >= 11 is 0. The molecule has 4 N–H and O–H groups in total. The lowest BCUT2D eigenvalue weighted by molar-refractivity contribution is 0.0759. The van der Waals surface area contributed by atoms with Gasteiger partial charge in [-0.1, -0.05) is 13.8 Å². The van der Waals surface area contributed by atoms with Crippen LogP contribution in [0.1, 0.15) is 42.6 Å². The highest BCUT2D eigenvalue weighted by Gasteiger charge is 2.23. The molecule has 0 radical (unpaired) electrons. The number of anilines is 1. The van der Waals surface area contributed by atoms with Crippen LogP contribution in [-0.4, -0.2) is 49.4 Å². The zero-order valence-corrected chi connectivity index (χ0v) is 18.9. The number of benzene rings is 2. The molecule has 0 bridgehead atoms. The molecule has 0 aliphatic carbocycles. The maximum atomic E-state index is 13.4. The van der Waals surface area contributed by atoms with Crippen molar-refractivity contribution < 1.29 is 23.4 Å². The number of nitrogens with one attached hydrogen (secondary N) is 1. The van der Waals surface area contributed by atoms with Crippen molar-refractivity contribution in [1.29, 1.82) is 0 Å². The minimum absolute atomic E-state index is 0.0430. The van der Waals surface area contributed by atoms with E-state index >= 15 is 0 Å². The van der Waals surface area contributed by atoms with E-state index in [9.17, 15) is 18.7 Å². The van der Waals surface area contributed by atoms with Crippen LogP contribution < -0.4 is 20.7 Å². The Morgan fingerprint density at radius 3 is 2.28 bits per heavy atom. The highest BCUT2D eigenvalue weighted by Crippen LogP contribution is 2.21. The number of carbonyl (C=O) groups is 1. The van der Waals surface area contributed by atoms with E-state index in [2.05, 4.69) is 24.1 Å². The molecule has 32 heavy (non-hydrogen) atoms. The molecule has 0 fully saturated rings. The van der Waals surface area contributed by atoms with Crippen LogP contribution in [0.2, 0.25) is 0 Å². The molecule has 8 heteroatoms. The molecular weight excluding hydrogens is 416 g/mol. The van der Waals surface area contributed by atoms with Crippen molar-refractivity contribution >= 4 is 11.6 Å². The number of halogens is 2. The van der Waals surface area contributed by atoms with Crippen molar-refractivity contribution in [3.8, 4) is 5.75 Å². The van der Waals surface area contributed by atoms with Gasteiger partial charge in [-0.05, 0) is 43.5 Å². The standard InChI is InChI=1S/C24H33F2N3O3/c1-4-6-29(7-5-2)20-9-16(3)8-17(10-20)24(31)28-22(23(30)14-27)15-32-21-12-18(25)11-19(26)13-21/h8-13,22-23,30H,4-7,14-15,27H2,1-3H3,(H,28,31)/t22-,23+/m0/s1. The zero-order valence-electron chi connectivity index (χ0n) is 18.9. The third-order valence-electron chi connectivity index (χ3n) is 4.96. The number of aliphatic hydroxyl groups is 1. The number of aliphatic hydroxyl groups excluding tert-OH is 1. The molecule has 2 aromatic carbocycles. The van der Waals surface area contributed by atoms with E-state index in [0.717, 1.165) is 55.4 Å². The number of nitrogens with zero attached hydrogens (tertiary/aromatic N) is 1. The lowest BCUT2D eigenvalue weighted by atomic mass is 10.1. The Bertz CT molecular complexity index is 869. The van der Waals surface area contributed by atoms with Gasteiger partial charge in [0.25, 0.3) is 5.91 Å². The van der Waals surface area contributed by atoms with Gasteiger partial charge in [-0.3, -0.25) is 4.79 Å². The molecule has 0 heterocycles. The highest BCUT2D eigenvalue weighted by molar-refractivity contribution is 5.95. The molecule has 0 aliphatic rings. The average molecular weight is 450 g/mol. The van der Waals surface area contributed by atoms with Crippen molar-refractivity contribution in [1.82, 2.24) is 5.32 Å².